The molecular formula is C15H14N6. The molecule has 0 saturated carbocycles. The van der Waals surface area contributed by atoms with E-state index in [1.165, 1.54) is 0 Å². The zero-order chi connectivity index (χ0) is 14.4. The molecule has 0 amide bonds. The molecule has 0 atom stereocenters. The molecule has 4 rings (SSSR count). The number of anilines is 2. The van der Waals surface area contributed by atoms with Crippen LogP contribution in [0.25, 0.3) is 21.9 Å². The predicted octanol–water partition coefficient (Wildman–Crippen LogP) is 2.60. The average Bonchev–Trinajstić information content (AvgIpc) is 3.03. The van der Waals surface area contributed by atoms with Gasteiger partial charge in [0.25, 0.3) is 0 Å². The first-order valence-electron chi connectivity index (χ1n) is 6.66. The summed E-state index contributed by atoms with van der Waals surface area (Å²) in [6, 6.07) is 8.14. The highest BCUT2D eigenvalue weighted by atomic mass is 15.2. The number of hydrogen-bond donors (Lipinski definition) is 1. The van der Waals surface area contributed by atoms with E-state index in [2.05, 4.69) is 26.4 Å². The minimum Gasteiger partial charge on any atom is -0.340 e. The first kappa shape index (κ1) is 11.9. The van der Waals surface area contributed by atoms with Crippen LogP contribution in [0.1, 0.15) is 0 Å². The van der Waals surface area contributed by atoms with E-state index in [0.29, 0.717) is 0 Å². The van der Waals surface area contributed by atoms with Crippen LogP contribution in [-0.4, -0.2) is 24.3 Å². The van der Waals surface area contributed by atoms with E-state index in [0.717, 1.165) is 33.4 Å². The number of nitrogens with one attached hydrogen (secondary N) is 1. The molecule has 0 aliphatic carbocycles. The fourth-order valence-corrected chi connectivity index (χ4v) is 2.49. The number of pyridine rings is 1. The Labute approximate surface area is 121 Å². The summed E-state index contributed by atoms with van der Waals surface area (Å²) in [7, 11) is 3.91. The van der Waals surface area contributed by atoms with Gasteiger partial charge in [0.05, 0.1) is 29.8 Å². The molecule has 0 spiro atoms. The van der Waals surface area contributed by atoms with Gasteiger partial charge >= 0.3 is 0 Å². The molecule has 0 unspecified atom stereocenters. The Hall–Kier alpha value is -2.89. The number of aryl methyl sites for hydroxylation is 2. The third-order valence-electron chi connectivity index (χ3n) is 3.63. The number of nitrogens with zero attached hydrogens (tertiary/aromatic N) is 5. The monoisotopic (exact) mass is 278 g/mol. The topological polar surface area (TPSA) is 60.6 Å². The van der Waals surface area contributed by atoms with E-state index in [-0.39, 0.29) is 0 Å². The van der Waals surface area contributed by atoms with Crippen molar-refractivity contribution in [2.45, 2.75) is 0 Å². The maximum Gasteiger partial charge on any atom is 0.132 e. The van der Waals surface area contributed by atoms with Gasteiger partial charge in [0, 0.05) is 31.2 Å². The normalized spacial score (nSPS) is 11.3. The summed E-state index contributed by atoms with van der Waals surface area (Å²) in [5, 5.41) is 8.68. The lowest BCUT2D eigenvalue weighted by Crippen LogP contribution is -1.94. The van der Waals surface area contributed by atoms with Gasteiger partial charge in [0.15, 0.2) is 0 Å². The lowest BCUT2D eigenvalue weighted by molar-refractivity contribution is 0.797. The van der Waals surface area contributed by atoms with E-state index in [4.69, 9.17) is 0 Å². The summed E-state index contributed by atoms with van der Waals surface area (Å²) in [4.78, 5) is 8.66. The van der Waals surface area contributed by atoms with Crippen LogP contribution in [0.3, 0.4) is 0 Å². The van der Waals surface area contributed by atoms with Crippen molar-refractivity contribution in [2.75, 3.05) is 5.32 Å². The van der Waals surface area contributed by atoms with Gasteiger partial charge in [-0.3, -0.25) is 4.68 Å². The van der Waals surface area contributed by atoms with Crippen LogP contribution in [0.2, 0.25) is 0 Å². The van der Waals surface area contributed by atoms with Crippen LogP contribution in [-0.2, 0) is 14.1 Å². The Kier molecular flexibility index (Phi) is 2.44. The molecule has 4 aromatic rings. The first-order valence-corrected chi connectivity index (χ1v) is 6.66. The maximum atomic E-state index is 4.39. The standard InChI is InChI=1S/C15H14N6/c1-20-9-17-12-8-16-15(6-14(12)20)19-11-3-4-13-10(5-11)7-18-21(13)2/h3-9H,1-2H3,(H,16,19). The van der Waals surface area contributed by atoms with Crippen LogP contribution in [0, 0.1) is 0 Å². The first-order chi connectivity index (χ1) is 10.2. The summed E-state index contributed by atoms with van der Waals surface area (Å²) in [6.45, 7) is 0. The molecule has 1 aromatic carbocycles. The Morgan fingerprint density at radius 2 is 1.90 bits per heavy atom. The zero-order valence-corrected chi connectivity index (χ0v) is 11.8. The van der Waals surface area contributed by atoms with Crippen molar-refractivity contribution in [3.8, 4) is 0 Å². The van der Waals surface area contributed by atoms with Crippen LogP contribution in [0.5, 0.6) is 0 Å². The molecule has 6 nitrogen and oxygen atoms in total. The number of rotatable bonds is 2. The van der Waals surface area contributed by atoms with Crippen molar-refractivity contribution < 1.29 is 0 Å². The second kappa shape index (κ2) is 4.31. The molecule has 0 bridgehead atoms. The molecule has 0 fully saturated rings. The SMILES string of the molecule is Cn1cnc2cnc(Nc3ccc4c(cnn4C)c3)cc21. The van der Waals surface area contributed by atoms with Gasteiger partial charge in [0.1, 0.15) is 11.3 Å². The minimum absolute atomic E-state index is 0.800. The largest absolute Gasteiger partial charge is 0.340 e. The summed E-state index contributed by atoms with van der Waals surface area (Å²) in [6.07, 6.45) is 5.43. The molecule has 0 aliphatic heterocycles. The van der Waals surface area contributed by atoms with E-state index < -0.39 is 0 Å². The maximum absolute atomic E-state index is 4.39. The summed E-state index contributed by atoms with van der Waals surface area (Å²) < 4.78 is 3.84. The number of imidazole rings is 1. The number of fused-ring (bicyclic) bond motifs is 2. The van der Waals surface area contributed by atoms with E-state index >= 15 is 0 Å². The molecule has 3 aromatic heterocycles. The van der Waals surface area contributed by atoms with E-state index in [9.17, 15) is 0 Å². The zero-order valence-electron chi connectivity index (χ0n) is 11.8. The predicted molar refractivity (Wildman–Crippen MR) is 82.5 cm³/mol. The Balaban J connectivity index is 1.73. The van der Waals surface area contributed by atoms with Crippen molar-refractivity contribution in [3.05, 3.63) is 43.0 Å². The molecule has 6 heteroatoms. The number of benzene rings is 1. The second-order valence-electron chi connectivity index (χ2n) is 5.08. The second-order valence-corrected chi connectivity index (χ2v) is 5.08. The molecule has 3 heterocycles. The van der Waals surface area contributed by atoms with Crippen molar-refractivity contribution in [1.82, 2.24) is 24.3 Å². The van der Waals surface area contributed by atoms with Crippen LogP contribution >= 0.6 is 0 Å². The lowest BCUT2D eigenvalue weighted by Gasteiger charge is -2.06. The number of aromatic nitrogens is 5. The van der Waals surface area contributed by atoms with Crippen molar-refractivity contribution >= 4 is 33.4 Å². The van der Waals surface area contributed by atoms with Crippen molar-refractivity contribution in [3.63, 3.8) is 0 Å². The van der Waals surface area contributed by atoms with Crippen LogP contribution in [0.15, 0.2) is 43.0 Å². The highest BCUT2D eigenvalue weighted by Gasteiger charge is 2.04. The molecule has 0 radical (unpaired) electrons. The van der Waals surface area contributed by atoms with Crippen molar-refractivity contribution in [1.29, 1.82) is 0 Å². The van der Waals surface area contributed by atoms with Gasteiger partial charge in [0.2, 0.25) is 0 Å². The summed E-state index contributed by atoms with van der Waals surface area (Å²) in [5.74, 6) is 0.800. The quantitative estimate of drug-likeness (QED) is 0.612. The third kappa shape index (κ3) is 1.92. The van der Waals surface area contributed by atoms with E-state index in [1.54, 1.807) is 12.5 Å². The van der Waals surface area contributed by atoms with Gasteiger partial charge < -0.3 is 9.88 Å². The van der Waals surface area contributed by atoms with Crippen LogP contribution < -0.4 is 5.32 Å². The Morgan fingerprint density at radius 3 is 2.81 bits per heavy atom. The van der Waals surface area contributed by atoms with Gasteiger partial charge in [-0.15, -0.1) is 0 Å². The molecule has 0 aliphatic rings. The lowest BCUT2D eigenvalue weighted by atomic mass is 10.2. The Morgan fingerprint density at radius 1 is 1.00 bits per heavy atom. The third-order valence-corrected chi connectivity index (χ3v) is 3.63. The average molecular weight is 278 g/mol. The number of hydrogen-bond acceptors (Lipinski definition) is 4. The minimum atomic E-state index is 0.800. The smallest absolute Gasteiger partial charge is 0.132 e. The van der Waals surface area contributed by atoms with Gasteiger partial charge in [-0.05, 0) is 18.2 Å². The van der Waals surface area contributed by atoms with Gasteiger partial charge in [-0.25, -0.2) is 9.97 Å². The van der Waals surface area contributed by atoms with Gasteiger partial charge in [-0.2, -0.15) is 5.10 Å². The fourth-order valence-electron chi connectivity index (χ4n) is 2.49. The highest BCUT2D eigenvalue weighted by Crippen LogP contribution is 2.22. The van der Waals surface area contributed by atoms with E-state index in [1.807, 2.05) is 47.7 Å². The molecule has 1 N–H and O–H groups in total. The van der Waals surface area contributed by atoms with Crippen LogP contribution in [0.4, 0.5) is 11.5 Å². The van der Waals surface area contributed by atoms with Crippen molar-refractivity contribution in [2.24, 2.45) is 14.1 Å². The molecular weight excluding hydrogens is 264 g/mol. The molecule has 104 valence electrons. The molecule has 21 heavy (non-hydrogen) atoms. The summed E-state index contributed by atoms with van der Waals surface area (Å²) >= 11 is 0. The Bertz CT molecular complexity index is 949. The van der Waals surface area contributed by atoms with Gasteiger partial charge in [-0.1, -0.05) is 0 Å². The molecule has 0 saturated heterocycles. The highest BCUT2D eigenvalue weighted by molar-refractivity contribution is 5.84. The summed E-state index contributed by atoms with van der Waals surface area (Å²) in [5.41, 5.74) is 4.04. The fraction of sp³-hybridized carbons (Fsp3) is 0.133.